The van der Waals surface area contributed by atoms with Crippen molar-refractivity contribution in [2.24, 2.45) is 0 Å². The first kappa shape index (κ1) is 19.0. The van der Waals surface area contributed by atoms with Crippen molar-refractivity contribution in [3.05, 3.63) is 36.3 Å². The monoisotopic (exact) mass is 362 g/mol. The molecule has 1 atom stereocenters. The molecule has 26 heavy (non-hydrogen) atoms. The number of hydrogen-bond acceptors (Lipinski definition) is 5. The summed E-state index contributed by atoms with van der Waals surface area (Å²) in [5.41, 5.74) is 2.07. The second kappa shape index (κ2) is 7.72. The highest BCUT2D eigenvalue weighted by molar-refractivity contribution is 6.03. The largest absolute Gasteiger partial charge is 0.444 e. The number of carbonyl (C=O) groups excluding carboxylic acids is 3. The van der Waals surface area contributed by atoms with Gasteiger partial charge in [-0.1, -0.05) is 0 Å². The van der Waals surface area contributed by atoms with Crippen molar-refractivity contribution in [2.45, 2.75) is 39.3 Å². The summed E-state index contributed by atoms with van der Waals surface area (Å²) in [5, 5.41) is 11.4. The molecule has 10 heteroatoms. The first-order chi connectivity index (χ1) is 12.2. The van der Waals surface area contributed by atoms with E-state index in [1.54, 1.807) is 39.1 Å². The third-order valence-corrected chi connectivity index (χ3v) is 3.08. The van der Waals surface area contributed by atoms with E-state index in [1.807, 2.05) is 0 Å². The van der Waals surface area contributed by atoms with Crippen molar-refractivity contribution in [3.63, 3.8) is 0 Å². The minimum absolute atomic E-state index is 0.200. The van der Waals surface area contributed by atoms with Crippen LogP contribution < -0.4 is 16.1 Å². The summed E-state index contributed by atoms with van der Waals surface area (Å²) in [5.74, 6) is -0.606. The van der Waals surface area contributed by atoms with E-state index in [2.05, 4.69) is 26.3 Å². The molecule has 2 heterocycles. The molecular formula is C16H22N6O4. The zero-order chi connectivity index (χ0) is 19.3. The predicted octanol–water partition coefficient (Wildman–Crippen LogP) is 1.45. The van der Waals surface area contributed by atoms with Gasteiger partial charge in [-0.3, -0.25) is 24.8 Å². The number of aromatic nitrogens is 3. The fourth-order valence-electron chi connectivity index (χ4n) is 1.94. The highest BCUT2D eigenvalue weighted by Crippen LogP contribution is 2.08. The number of amides is 3. The maximum absolute atomic E-state index is 12.3. The van der Waals surface area contributed by atoms with E-state index < -0.39 is 29.6 Å². The van der Waals surface area contributed by atoms with Gasteiger partial charge in [0.05, 0.1) is 0 Å². The van der Waals surface area contributed by atoms with Gasteiger partial charge in [0.15, 0.2) is 5.82 Å². The van der Waals surface area contributed by atoms with Crippen molar-refractivity contribution >= 4 is 23.7 Å². The molecule has 0 spiro atoms. The Morgan fingerprint density at radius 2 is 2.00 bits per heavy atom. The molecule has 0 aromatic carbocycles. The van der Waals surface area contributed by atoms with Crippen LogP contribution >= 0.6 is 0 Å². The van der Waals surface area contributed by atoms with Crippen LogP contribution in [0.4, 0.5) is 10.6 Å². The summed E-state index contributed by atoms with van der Waals surface area (Å²) in [4.78, 5) is 36.2. The van der Waals surface area contributed by atoms with E-state index in [4.69, 9.17) is 4.74 Å². The molecule has 0 unspecified atom stereocenters. The summed E-state index contributed by atoms with van der Waals surface area (Å²) in [7, 11) is 0. The Balaban J connectivity index is 1.96. The van der Waals surface area contributed by atoms with Crippen LogP contribution in [-0.2, 0) is 9.53 Å². The molecule has 0 aliphatic heterocycles. The molecule has 2 aromatic heterocycles. The summed E-state index contributed by atoms with van der Waals surface area (Å²) >= 11 is 0. The minimum atomic E-state index is -0.866. The fraction of sp³-hybridized carbons (Fsp3) is 0.375. The highest BCUT2D eigenvalue weighted by Gasteiger charge is 2.22. The number of ether oxygens (including phenoxy) is 1. The van der Waals surface area contributed by atoms with Crippen LogP contribution in [0.1, 0.15) is 38.2 Å². The molecule has 140 valence electrons. The summed E-state index contributed by atoms with van der Waals surface area (Å²) in [6.45, 7) is 6.68. The third kappa shape index (κ3) is 5.36. The standard InChI is InChI=1S/C16H22N6O4/c1-10(18-15(25)26-16(2,3)4)13(23)21-22-9-5-6-11(22)14(24)19-12-7-8-17-20-12/h5-10H,1-4H3,(H,18,25)(H,21,23)(H2,17,19,20,24)/t10-/m0/s1. The van der Waals surface area contributed by atoms with E-state index in [-0.39, 0.29) is 5.69 Å². The lowest BCUT2D eigenvalue weighted by Crippen LogP contribution is -2.46. The molecule has 4 N–H and O–H groups in total. The minimum Gasteiger partial charge on any atom is -0.444 e. The number of hydrogen-bond donors (Lipinski definition) is 4. The lowest BCUT2D eigenvalue weighted by Gasteiger charge is -2.22. The van der Waals surface area contributed by atoms with E-state index >= 15 is 0 Å². The number of H-pyrrole nitrogens is 1. The second-order valence-electron chi connectivity index (χ2n) is 6.52. The number of rotatable bonds is 5. The Morgan fingerprint density at radius 1 is 1.27 bits per heavy atom. The van der Waals surface area contributed by atoms with Gasteiger partial charge in [-0.15, -0.1) is 0 Å². The molecule has 0 fully saturated rings. The molecule has 0 saturated carbocycles. The first-order valence-corrected chi connectivity index (χ1v) is 7.94. The second-order valence-corrected chi connectivity index (χ2v) is 6.52. The normalized spacial score (nSPS) is 12.2. The summed E-state index contributed by atoms with van der Waals surface area (Å²) in [6, 6.07) is 3.87. The number of carbonyl (C=O) groups is 3. The number of anilines is 1. The molecule has 0 radical (unpaired) electrons. The molecule has 2 aromatic rings. The van der Waals surface area contributed by atoms with Gasteiger partial charge in [0, 0.05) is 18.5 Å². The Bertz CT molecular complexity index is 775. The van der Waals surface area contributed by atoms with Crippen LogP contribution in [0.15, 0.2) is 30.6 Å². The lowest BCUT2D eigenvalue weighted by atomic mass is 10.2. The Labute approximate surface area is 150 Å². The van der Waals surface area contributed by atoms with Gasteiger partial charge < -0.3 is 15.4 Å². The van der Waals surface area contributed by atoms with Crippen LogP contribution in [0.2, 0.25) is 0 Å². The molecular weight excluding hydrogens is 340 g/mol. The molecule has 0 bridgehead atoms. The van der Waals surface area contributed by atoms with Gasteiger partial charge in [-0.05, 0) is 39.8 Å². The van der Waals surface area contributed by atoms with Crippen molar-refractivity contribution in [1.82, 2.24) is 20.2 Å². The lowest BCUT2D eigenvalue weighted by molar-refractivity contribution is -0.118. The zero-order valence-corrected chi connectivity index (χ0v) is 15.0. The third-order valence-electron chi connectivity index (χ3n) is 3.08. The Morgan fingerprint density at radius 3 is 2.62 bits per heavy atom. The van der Waals surface area contributed by atoms with E-state index in [9.17, 15) is 14.4 Å². The number of aromatic amines is 1. The average molecular weight is 362 g/mol. The highest BCUT2D eigenvalue weighted by atomic mass is 16.6. The van der Waals surface area contributed by atoms with Gasteiger partial charge >= 0.3 is 6.09 Å². The van der Waals surface area contributed by atoms with Gasteiger partial charge in [-0.25, -0.2) is 4.79 Å². The number of nitrogens with one attached hydrogen (secondary N) is 4. The fourth-order valence-corrected chi connectivity index (χ4v) is 1.94. The van der Waals surface area contributed by atoms with Gasteiger partial charge in [0.25, 0.3) is 11.8 Å². The van der Waals surface area contributed by atoms with Crippen LogP contribution in [0.3, 0.4) is 0 Å². The van der Waals surface area contributed by atoms with Crippen LogP contribution in [0, 0.1) is 0 Å². The predicted molar refractivity (Wildman–Crippen MR) is 94.2 cm³/mol. The maximum Gasteiger partial charge on any atom is 0.408 e. The maximum atomic E-state index is 12.3. The zero-order valence-electron chi connectivity index (χ0n) is 15.0. The Hall–Kier alpha value is -3.30. The van der Waals surface area contributed by atoms with Crippen LogP contribution in [0.25, 0.3) is 0 Å². The molecule has 3 amide bonds. The smallest absolute Gasteiger partial charge is 0.408 e. The van der Waals surface area contributed by atoms with E-state index in [0.29, 0.717) is 5.82 Å². The van der Waals surface area contributed by atoms with Crippen molar-refractivity contribution in [1.29, 1.82) is 0 Å². The van der Waals surface area contributed by atoms with Crippen LogP contribution in [0.5, 0.6) is 0 Å². The van der Waals surface area contributed by atoms with Gasteiger partial charge in [0.1, 0.15) is 17.3 Å². The Kier molecular flexibility index (Phi) is 5.65. The van der Waals surface area contributed by atoms with Crippen molar-refractivity contribution in [2.75, 3.05) is 10.7 Å². The molecule has 0 saturated heterocycles. The van der Waals surface area contributed by atoms with E-state index in [1.165, 1.54) is 23.9 Å². The average Bonchev–Trinajstić information content (AvgIpc) is 3.16. The van der Waals surface area contributed by atoms with Gasteiger partial charge in [0.2, 0.25) is 0 Å². The number of alkyl carbamates (subject to hydrolysis) is 1. The first-order valence-electron chi connectivity index (χ1n) is 7.94. The molecule has 0 aliphatic rings. The van der Waals surface area contributed by atoms with Crippen molar-refractivity contribution in [3.8, 4) is 0 Å². The summed E-state index contributed by atoms with van der Waals surface area (Å²) in [6.07, 6.45) is 2.38. The molecule has 10 nitrogen and oxygen atoms in total. The van der Waals surface area contributed by atoms with Crippen molar-refractivity contribution < 1.29 is 19.1 Å². The van der Waals surface area contributed by atoms with Crippen LogP contribution in [-0.4, -0.2) is 44.4 Å². The van der Waals surface area contributed by atoms with Gasteiger partial charge in [-0.2, -0.15) is 5.10 Å². The molecule has 2 rings (SSSR count). The SMILES string of the molecule is C[C@H](NC(=O)OC(C)(C)C)C(=O)Nn1cccc1C(=O)Nc1cc[nH]n1. The summed E-state index contributed by atoms with van der Waals surface area (Å²) < 4.78 is 6.37. The number of nitrogens with zero attached hydrogens (tertiary/aromatic N) is 2. The molecule has 0 aliphatic carbocycles. The quantitative estimate of drug-likeness (QED) is 0.639. The van der Waals surface area contributed by atoms with E-state index in [0.717, 1.165) is 0 Å². The topological polar surface area (TPSA) is 130 Å².